The highest BCUT2D eigenvalue weighted by Crippen LogP contribution is 2.23. The number of carbonyl (C=O) groups is 1. The van der Waals surface area contributed by atoms with Crippen LogP contribution in [0.25, 0.3) is 5.57 Å². The highest BCUT2D eigenvalue weighted by molar-refractivity contribution is 5.94. The number of rotatable bonds is 4. The van der Waals surface area contributed by atoms with Crippen LogP contribution in [-0.4, -0.2) is 41.9 Å². The maximum Gasteiger partial charge on any atom is 0.254 e. The van der Waals surface area contributed by atoms with Crippen molar-refractivity contribution in [3.63, 3.8) is 0 Å². The van der Waals surface area contributed by atoms with E-state index in [4.69, 9.17) is 0 Å². The van der Waals surface area contributed by atoms with Crippen LogP contribution in [0.3, 0.4) is 0 Å². The minimum Gasteiger partial charge on any atom is -0.335 e. The first kappa shape index (κ1) is 18.9. The van der Waals surface area contributed by atoms with Crippen molar-refractivity contribution in [1.29, 1.82) is 0 Å². The van der Waals surface area contributed by atoms with Crippen LogP contribution < -0.4 is 0 Å². The van der Waals surface area contributed by atoms with E-state index in [1.54, 1.807) is 12.1 Å². The van der Waals surface area contributed by atoms with Gasteiger partial charge in [-0.3, -0.25) is 9.69 Å². The fourth-order valence-corrected chi connectivity index (χ4v) is 4.09. The summed E-state index contributed by atoms with van der Waals surface area (Å²) in [7, 11) is 0. The van der Waals surface area contributed by atoms with Crippen molar-refractivity contribution in [2.45, 2.75) is 32.2 Å². The van der Waals surface area contributed by atoms with Gasteiger partial charge in [0, 0.05) is 25.2 Å². The molecule has 0 aliphatic carbocycles. The van der Waals surface area contributed by atoms with Gasteiger partial charge in [-0.25, -0.2) is 4.39 Å². The van der Waals surface area contributed by atoms with E-state index in [9.17, 15) is 9.18 Å². The van der Waals surface area contributed by atoms with Crippen molar-refractivity contribution in [3.05, 3.63) is 77.1 Å². The Labute approximate surface area is 166 Å². The smallest absolute Gasteiger partial charge is 0.254 e. The minimum atomic E-state index is -0.222. The van der Waals surface area contributed by atoms with Crippen LogP contribution in [0.5, 0.6) is 0 Å². The molecule has 0 saturated carbocycles. The molecule has 2 aliphatic heterocycles. The van der Waals surface area contributed by atoms with Crippen molar-refractivity contribution < 1.29 is 9.18 Å². The van der Waals surface area contributed by atoms with E-state index < -0.39 is 0 Å². The molecule has 3 nitrogen and oxygen atoms in total. The predicted octanol–water partition coefficient (Wildman–Crippen LogP) is 4.74. The van der Waals surface area contributed by atoms with Crippen LogP contribution >= 0.6 is 0 Å². The molecule has 0 atom stereocenters. The third-order valence-electron chi connectivity index (χ3n) is 5.77. The lowest BCUT2D eigenvalue weighted by Crippen LogP contribution is -2.34. The molecule has 4 heteroatoms. The van der Waals surface area contributed by atoms with Gasteiger partial charge < -0.3 is 4.90 Å². The summed E-state index contributed by atoms with van der Waals surface area (Å²) in [6.07, 6.45) is 6.80. The number of halogens is 1. The van der Waals surface area contributed by atoms with E-state index in [0.29, 0.717) is 13.1 Å². The summed E-state index contributed by atoms with van der Waals surface area (Å²) in [5.41, 5.74) is 4.24. The SMILES string of the molecule is O=C(c1ccc(CN2CCCCC2)cc1)N1CC=C(c2ccc(F)cc2)CC1. The second-order valence-corrected chi connectivity index (χ2v) is 7.77. The topological polar surface area (TPSA) is 23.6 Å². The molecular weight excluding hydrogens is 351 g/mol. The number of likely N-dealkylation sites (tertiary alicyclic amines) is 1. The van der Waals surface area contributed by atoms with E-state index in [0.717, 1.165) is 24.1 Å². The fourth-order valence-electron chi connectivity index (χ4n) is 4.09. The Hall–Kier alpha value is -2.46. The van der Waals surface area contributed by atoms with Crippen molar-refractivity contribution in [2.75, 3.05) is 26.2 Å². The lowest BCUT2D eigenvalue weighted by molar-refractivity contribution is 0.0773. The highest BCUT2D eigenvalue weighted by atomic mass is 19.1. The Morgan fingerprint density at radius 2 is 1.61 bits per heavy atom. The van der Waals surface area contributed by atoms with Gasteiger partial charge in [-0.15, -0.1) is 0 Å². The van der Waals surface area contributed by atoms with Crippen LogP contribution in [0.15, 0.2) is 54.6 Å². The Balaban J connectivity index is 1.36. The molecule has 0 spiro atoms. The maximum absolute atomic E-state index is 13.1. The van der Waals surface area contributed by atoms with E-state index in [1.807, 2.05) is 17.0 Å². The van der Waals surface area contributed by atoms with Crippen LogP contribution in [0.4, 0.5) is 4.39 Å². The first-order chi connectivity index (χ1) is 13.7. The molecule has 4 rings (SSSR count). The predicted molar refractivity (Wildman–Crippen MR) is 110 cm³/mol. The fraction of sp³-hybridized carbons (Fsp3) is 0.375. The number of hydrogen-bond donors (Lipinski definition) is 0. The van der Waals surface area contributed by atoms with Gasteiger partial charge in [0.05, 0.1) is 0 Å². The average Bonchev–Trinajstić information content (AvgIpc) is 2.75. The largest absolute Gasteiger partial charge is 0.335 e. The molecule has 1 saturated heterocycles. The zero-order valence-corrected chi connectivity index (χ0v) is 16.2. The van der Waals surface area contributed by atoms with Crippen molar-refractivity contribution in [3.8, 4) is 0 Å². The molecule has 2 aromatic rings. The van der Waals surface area contributed by atoms with Crippen LogP contribution in [0.2, 0.25) is 0 Å². The molecule has 0 aromatic heterocycles. The zero-order chi connectivity index (χ0) is 19.3. The van der Waals surface area contributed by atoms with E-state index in [2.05, 4.69) is 23.1 Å². The highest BCUT2D eigenvalue weighted by Gasteiger charge is 2.19. The molecule has 2 aliphatic rings. The first-order valence-corrected chi connectivity index (χ1v) is 10.2. The summed E-state index contributed by atoms with van der Waals surface area (Å²) in [5, 5.41) is 0. The molecule has 0 N–H and O–H groups in total. The molecule has 0 bridgehead atoms. The minimum absolute atomic E-state index is 0.0823. The quantitative estimate of drug-likeness (QED) is 0.767. The Morgan fingerprint density at radius 3 is 2.25 bits per heavy atom. The van der Waals surface area contributed by atoms with Crippen LogP contribution in [0, 0.1) is 5.82 Å². The molecular formula is C24H27FN2O. The lowest BCUT2D eigenvalue weighted by Gasteiger charge is -2.27. The van der Waals surface area contributed by atoms with Crippen LogP contribution in [0.1, 0.15) is 47.2 Å². The molecule has 2 aromatic carbocycles. The normalized spacial score (nSPS) is 18.0. The third kappa shape index (κ3) is 4.50. The monoisotopic (exact) mass is 378 g/mol. The van der Waals surface area contributed by atoms with Gasteiger partial charge in [0.25, 0.3) is 5.91 Å². The Kier molecular flexibility index (Phi) is 5.87. The van der Waals surface area contributed by atoms with Gasteiger partial charge in [0.1, 0.15) is 5.82 Å². The molecule has 146 valence electrons. The van der Waals surface area contributed by atoms with Gasteiger partial charge in [-0.2, -0.15) is 0 Å². The number of piperidine rings is 1. The van der Waals surface area contributed by atoms with Gasteiger partial charge in [0.2, 0.25) is 0 Å². The second-order valence-electron chi connectivity index (χ2n) is 7.77. The third-order valence-corrected chi connectivity index (χ3v) is 5.77. The number of benzene rings is 2. The van der Waals surface area contributed by atoms with E-state index in [1.165, 1.54) is 55.6 Å². The summed E-state index contributed by atoms with van der Waals surface area (Å²) >= 11 is 0. The summed E-state index contributed by atoms with van der Waals surface area (Å²) in [6.45, 7) is 4.62. The van der Waals surface area contributed by atoms with Gasteiger partial charge in [-0.1, -0.05) is 36.8 Å². The molecule has 0 radical (unpaired) electrons. The maximum atomic E-state index is 13.1. The van der Waals surface area contributed by atoms with Gasteiger partial charge >= 0.3 is 0 Å². The molecule has 1 amide bonds. The van der Waals surface area contributed by atoms with E-state index >= 15 is 0 Å². The molecule has 1 fully saturated rings. The van der Waals surface area contributed by atoms with Crippen molar-refractivity contribution >= 4 is 11.5 Å². The number of carbonyl (C=O) groups excluding carboxylic acids is 1. The number of amides is 1. The zero-order valence-electron chi connectivity index (χ0n) is 16.2. The summed E-state index contributed by atoms with van der Waals surface area (Å²) in [5.74, 6) is -0.139. The Morgan fingerprint density at radius 1 is 0.893 bits per heavy atom. The van der Waals surface area contributed by atoms with Crippen molar-refractivity contribution in [1.82, 2.24) is 9.80 Å². The second kappa shape index (κ2) is 8.70. The average molecular weight is 378 g/mol. The van der Waals surface area contributed by atoms with Crippen LogP contribution in [-0.2, 0) is 6.54 Å². The van der Waals surface area contributed by atoms with E-state index in [-0.39, 0.29) is 11.7 Å². The summed E-state index contributed by atoms with van der Waals surface area (Å²) < 4.78 is 13.1. The Bertz CT molecular complexity index is 836. The lowest BCUT2D eigenvalue weighted by atomic mass is 9.99. The number of nitrogens with zero attached hydrogens (tertiary/aromatic N) is 2. The standard InChI is InChI=1S/C24H27FN2O/c25-23-10-8-20(9-11-23)21-12-16-27(17-13-21)24(28)22-6-4-19(5-7-22)18-26-14-2-1-3-15-26/h4-12H,1-3,13-18H2. The van der Waals surface area contributed by atoms with Gasteiger partial charge in [-0.05, 0) is 73.3 Å². The first-order valence-electron chi connectivity index (χ1n) is 10.2. The number of hydrogen-bond acceptors (Lipinski definition) is 2. The van der Waals surface area contributed by atoms with Crippen molar-refractivity contribution in [2.24, 2.45) is 0 Å². The molecule has 2 heterocycles. The summed E-state index contributed by atoms with van der Waals surface area (Å²) in [4.78, 5) is 17.2. The molecule has 0 unspecified atom stereocenters. The van der Waals surface area contributed by atoms with Gasteiger partial charge in [0.15, 0.2) is 0 Å². The summed E-state index contributed by atoms with van der Waals surface area (Å²) in [6, 6.07) is 14.7. The molecule has 28 heavy (non-hydrogen) atoms.